The molecule has 0 amide bonds. The molecule has 1 aliphatic carbocycles. The zero-order chi connectivity index (χ0) is 13.2. The van der Waals surface area contributed by atoms with Crippen LogP contribution in [0.25, 0.3) is 0 Å². The second kappa shape index (κ2) is 5.70. The lowest BCUT2D eigenvalue weighted by Crippen LogP contribution is -2.43. The third-order valence-electron chi connectivity index (χ3n) is 4.55. The fourth-order valence-corrected chi connectivity index (χ4v) is 3.59. The normalized spacial score (nSPS) is 28.8. The van der Waals surface area contributed by atoms with Crippen molar-refractivity contribution < 1.29 is 14.3 Å². The highest BCUT2D eigenvalue weighted by molar-refractivity contribution is 5.85. The maximum Gasteiger partial charge on any atom is 0.165 e. The van der Waals surface area contributed by atoms with Gasteiger partial charge in [0.15, 0.2) is 5.78 Å². The van der Waals surface area contributed by atoms with Gasteiger partial charge in [0.05, 0.1) is 5.60 Å². The average molecular weight is 254 g/mol. The van der Waals surface area contributed by atoms with Gasteiger partial charge >= 0.3 is 0 Å². The van der Waals surface area contributed by atoms with E-state index < -0.39 is 0 Å². The Balaban J connectivity index is 2.02. The number of ether oxygens (including phenoxy) is 2. The molecule has 1 heterocycles. The molecular weight excluding hydrogens is 228 g/mol. The quantitative estimate of drug-likeness (QED) is 0.773. The van der Waals surface area contributed by atoms with E-state index in [1.165, 1.54) is 12.8 Å². The molecule has 1 spiro atoms. The molecule has 0 bridgehead atoms. The van der Waals surface area contributed by atoms with Crippen molar-refractivity contribution in [3.8, 4) is 0 Å². The van der Waals surface area contributed by atoms with Crippen molar-refractivity contribution in [2.75, 3.05) is 13.7 Å². The summed E-state index contributed by atoms with van der Waals surface area (Å²) in [5.74, 6) is 0.691. The predicted molar refractivity (Wildman–Crippen MR) is 70.5 cm³/mol. The van der Waals surface area contributed by atoms with Gasteiger partial charge in [-0.05, 0) is 31.6 Å². The Morgan fingerprint density at radius 3 is 2.56 bits per heavy atom. The molecule has 18 heavy (non-hydrogen) atoms. The smallest absolute Gasteiger partial charge is 0.165 e. The van der Waals surface area contributed by atoms with Crippen molar-refractivity contribution in [3.63, 3.8) is 0 Å². The largest absolute Gasteiger partial charge is 0.375 e. The second-order valence-electron chi connectivity index (χ2n) is 6.23. The van der Waals surface area contributed by atoms with Crippen LogP contribution in [0.2, 0.25) is 0 Å². The summed E-state index contributed by atoms with van der Waals surface area (Å²) in [4.78, 5) is 12.5. The van der Waals surface area contributed by atoms with Crippen molar-refractivity contribution in [1.82, 2.24) is 0 Å². The van der Waals surface area contributed by atoms with Crippen LogP contribution in [0.4, 0.5) is 0 Å². The van der Waals surface area contributed by atoms with Crippen molar-refractivity contribution in [2.45, 2.75) is 64.1 Å². The minimum Gasteiger partial charge on any atom is -0.375 e. The zero-order valence-electron chi connectivity index (χ0n) is 11.9. The van der Waals surface area contributed by atoms with E-state index in [-0.39, 0.29) is 23.5 Å². The third-order valence-corrected chi connectivity index (χ3v) is 4.55. The molecule has 1 aliphatic heterocycles. The Labute approximate surface area is 110 Å². The Morgan fingerprint density at radius 2 is 2.00 bits per heavy atom. The van der Waals surface area contributed by atoms with E-state index in [1.54, 1.807) is 7.11 Å². The molecule has 2 fully saturated rings. The Kier molecular flexibility index (Phi) is 4.44. The first-order valence-corrected chi connectivity index (χ1v) is 7.28. The summed E-state index contributed by atoms with van der Waals surface area (Å²) >= 11 is 0. The molecule has 2 atom stereocenters. The molecule has 0 N–H and O–H groups in total. The second-order valence-corrected chi connectivity index (χ2v) is 6.23. The van der Waals surface area contributed by atoms with Crippen LogP contribution in [-0.4, -0.2) is 31.2 Å². The van der Waals surface area contributed by atoms with Gasteiger partial charge < -0.3 is 9.47 Å². The minimum atomic E-state index is -0.244. The summed E-state index contributed by atoms with van der Waals surface area (Å²) in [7, 11) is 1.65. The van der Waals surface area contributed by atoms with E-state index in [1.807, 2.05) is 0 Å². The van der Waals surface area contributed by atoms with E-state index in [9.17, 15) is 4.79 Å². The molecule has 0 radical (unpaired) electrons. The topological polar surface area (TPSA) is 35.5 Å². The van der Waals surface area contributed by atoms with Crippen LogP contribution >= 0.6 is 0 Å². The maximum atomic E-state index is 12.5. The van der Waals surface area contributed by atoms with Gasteiger partial charge in [0.1, 0.15) is 6.10 Å². The highest BCUT2D eigenvalue weighted by Crippen LogP contribution is 2.42. The summed E-state index contributed by atoms with van der Waals surface area (Å²) in [6, 6.07) is 0. The standard InChI is InChI=1S/C15H26O3/c1-11(2)14(17-3)13(16)12-6-9-18-15(10-12)7-4-5-8-15/h11-12,14H,4-10H2,1-3H3. The lowest BCUT2D eigenvalue weighted by atomic mass is 9.79. The number of hydrogen-bond acceptors (Lipinski definition) is 3. The Morgan fingerprint density at radius 1 is 1.33 bits per heavy atom. The first-order chi connectivity index (χ1) is 8.58. The van der Waals surface area contributed by atoms with Gasteiger partial charge in [-0.2, -0.15) is 0 Å². The molecule has 104 valence electrons. The Bertz CT molecular complexity index is 292. The van der Waals surface area contributed by atoms with Gasteiger partial charge in [0.2, 0.25) is 0 Å². The lowest BCUT2D eigenvalue weighted by molar-refractivity contribution is -0.147. The fourth-order valence-electron chi connectivity index (χ4n) is 3.59. The van der Waals surface area contributed by atoms with E-state index in [4.69, 9.17) is 9.47 Å². The number of Topliss-reactive ketones (excluding diaryl/α,β-unsaturated/α-hetero) is 1. The van der Waals surface area contributed by atoms with Gasteiger partial charge in [-0.25, -0.2) is 0 Å². The van der Waals surface area contributed by atoms with Gasteiger partial charge in [0.25, 0.3) is 0 Å². The molecule has 2 aliphatic rings. The monoisotopic (exact) mass is 254 g/mol. The van der Waals surface area contributed by atoms with Crippen molar-refractivity contribution in [1.29, 1.82) is 0 Å². The third kappa shape index (κ3) is 2.77. The molecule has 1 saturated heterocycles. The average Bonchev–Trinajstić information content (AvgIpc) is 2.77. The number of methoxy groups -OCH3 is 1. The van der Waals surface area contributed by atoms with Gasteiger partial charge in [-0.15, -0.1) is 0 Å². The first kappa shape index (κ1) is 14.0. The molecular formula is C15H26O3. The molecule has 2 unspecified atom stereocenters. The fraction of sp³-hybridized carbons (Fsp3) is 0.933. The van der Waals surface area contributed by atoms with Crippen LogP contribution in [0, 0.1) is 11.8 Å². The highest BCUT2D eigenvalue weighted by atomic mass is 16.5. The van der Waals surface area contributed by atoms with Crippen LogP contribution in [0.3, 0.4) is 0 Å². The van der Waals surface area contributed by atoms with Crippen LogP contribution < -0.4 is 0 Å². The molecule has 0 aromatic heterocycles. The number of rotatable bonds is 4. The van der Waals surface area contributed by atoms with E-state index in [0.717, 1.165) is 32.3 Å². The lowest BCUT2D eigenvalue weighted by Gasteiger charge is -2.38. The highest BCUT2D eigenvalue weighted by Gasteiger charge is 2.43. The maximum absolute atomic E-state index is 12.5. The van der Waals surface area contributed by atoms with Crippen LogP contribution in [-0.2, 0) is 14.3 Å². The summed E-state index contributed by atoms with van der Waals surface area (Å²) in [6.45, 7) is 4.85. The molecule has 0 aromatic carbocycles. The van der Waals surface area contributed by atoms with Crippen LogP contribution in [0.1, 0.15) is 52.4 Å². The zero-order valence-corrected chi connectivity index (χ0v) is 11.9. The summed E-state index contributed by atoms with van der Waals surface area (Å²) in [5.41, 5.74) is 0.0217. The molecule has 0 aromatic rings. The summed E-state index contributed by atoms with van der Waals surface area (Å²) < 4.78 is 11.4. The molecule has 3 nitrogen and oxygen atoms in total. The molecule has 2 rings (SSSR count). The van der Waals surface area contributed by atoms with Crippen molar-refractivity contribution >= 4 is 5.78 Å². The van der Waals surface area contributed by atoms with Crippen molar-refractivity contribution in [3.05, 3.63) is 0 Å². The predicted octanol–water partition coefficient (Wildman–Crippen LogP) is 2.97. The van der Waals surface area contributed by atoms with Gasteiger partial charge in [-0.1, -0.05) is 26.7 Å². The Hall–Kier alpha value is -0.410. The van der Waals surface area contributed by atoms with E-state index >= 15 is 0 Å². The SMILES string of the molecule is COC(C(=O)C1CCOC2(CCCC2)C1)C(C)C. The van der Waals surface area contributed by atoms with Gasteiger partial charge in [-0.3, -0.25) is 4.79 Å². The summed E-state index contributed by atoms with van der Waals surface area (Å²) in [5, 5.41) is 0. The number of hydrogen-bond donors (Lipinski definition) is 0. The molecule has 3 heteroatoms. The van der Waals surface area contributed by atoms with E-state index in [0.29, 0.717) is 5.78 Å². The molecule has 1 saturated carbocycles. The number of ketones is 1. The van der Waals surface area contributed by atoms with Crippen molar-refractivity contribution in [2.24, 2.45) is 11.8 Å². The first-order valence-electron chi connectivity index (χ1n) is 7.28. The number of carbonyl (C=O) groups excluding carboxylic acids is 1. The van der Waals surface area contributed by atoms with E-state index in [2.05, 4.69) is 13.8 Å². The van der Waals surface area contributed by atoms with Crippen LogP contribution in [0.5, 0.6) is 0 Å². The minimum absolute atomic E-state index is 0.0217. The van der Waals surface area contributed by atoms with Gasteiger partial charge in [0, 0.05) is 19.6 Å². The van der Waals surface area contributed by atoms with Crippen LogP contribution in [0.15, 0.2) is 0 Å². The number of carbonyl (C=O) groups is 1. The summed E-state index contributed by atoms with van der Waals surface area (Å²) in [6.07, 6.45) is 6.31.